The van der Waals surface area contributed by atoms with Crippen LogP contribution in [0.15, 0.2) is 73.1 Å². The molecule has 2 heterocycles. The molecule has 19 nitrogen and oxygen atoms in total. The highest BCUT2D eigenvalue weighted by Gasteiger charge is 2.21. The summed E-state index contributed by atoms with van der Waals surface area (Å²) >= 11 is 5.91. The molecular weight excluding hydrogens is 733 g/mol. The van der Waals surface area contributed by atoms with Gasteiger partial charge >= 0.3 is 23.9 Å². The van der Waals surface area contributed by atoms with Gasteiger partial charge in [0.25, 0.3) is 0 Å². The molecule has 1 aromatic heterocycles. The number of aliphatic carboxylic acids is 4. The fourth-order valence-corrected chi connectivity index (χ4v) is 3.89. The van der Waals surface area contributed by atoms with Crippen molar-refractivity contribution >= 4 is 69.5 Å². The number of amides is 1. The molecular formula is C32H39ClFN5O14. The van der Waals surface area contributed by atoms with E-state index in [1.165, 1.54) is 24.5 Å². The minimum absolute atomic E-state index is 0. The maximum atomic E-state index is 13.6. The van der Waals surface area contributed by atoms with Crippen LogP contribution in [0.2, 0.25) is 5.02 Å². The van der Waals surface area contributed by atoms with Crippen molar-refractivity contribution < 1.29 is 74.7 Å². The number of benzene rings is 2. The van der Waals surface area contributed by atoms with E-state index in [1.807, 2.05) is 19.0 Å². The highest BCUT2D eigenvalue weighted by molar-refractivity contribution is 6.31. The number of anilines is 3. The first-order valence-electron chi connectivity index (χ1n) is 14.3. The van der Waals surface area contributed by atoms with E-state index in [0.717, 1.165) is 6.42 Å². The van der Waals surface area contributed by atoms with Crippen LogP contribution in [-0.2, 0) is 28.7 Å². The molecule has 290 valence electrons. The normalized spacial score (nSPS) is 13.0. The van der Waals surface area contributed by atoms with Gasteiger partial charge in [0, 0.05) is 60.5 Å². The van der Waals surface area contributed by atoms with Gasteiger partial charge in [-0.3, -0.25) is 4.79 Å². The minimum atomic E-state index is -1.26. The van der Waals surface area contributed by atoms with Crippen LogP contribution in [0.4, 0.5) is 21.6 Å². The van der Waals surface area contributed by atoms with Crippen molar-refractivity contribution in [1.82, 2.24) is 14.9 Å². The molecule has 21 heteroatoms. The van der Waals surface area contributed by atoms with Crippen LogP contribution in [0, 0.1) is 5.82 Å². The molecule has 0 radical (unpaired) electrons. The third-order valence-corrected chi connectivity index (χ3v) is 6.12. The molecule has 1 fully saturated rings. The van der Waals surface area contributed by atoms with Crippen LogP contribution in [0.25, 0.3) is 10.9 Å². The number of carboxylic acids is 4. The van der Waals surface area contributed by atoms with Crippen LogP contribution in [-0.4, -0.2) is 121 Å². The number of carbonyl (C=O) groups is 5. The lowest BCUT2D eigenvalue weighted by Gasteiger charge is -2.17. The number of aromatic nitrogens is 2. The second kappa shape index (κ2) is 25.0. The molecule has 1 aliphatic heterocycles. The molecule has 0 bridgehead atoms. The Bertz CT molecular complexity index is 1720. The van der Waals surface area contributed by atoms with Crippen molar-refractivity contribution in [3.8, 4) is 5.75 Å². The summed E-state index contributed by atoms with van der Waals surface area (Å²) in [4.78, 5) is 61.4. The number of likely N-dealkylation sites (N-methyl/N-ethyl adjacent to an activating group) is 1. The van der Waals surface area contributed by atoms with Crippen LogP contribution < -0.4 is 15.4 Å². The first-order chi connectivity index (χ1) is 23.6. The number of fused-ring (bicyclic) bond motifs is 1. The number of hydrogen-bond acceptors (Lipinski definition) is 11. The molecule has 53 heavy (non-hydrogen) atoms. The monoisotopic (exact) mass is 771 g/mol. The van der Waals surface area contributed by atoms with E-state index in [4.69, 9.17) is 41.5 Å². The lowest BCUT2D eigenvalue weighted by Crippen LogP contribution is -2.18. The topological polar surface area (TPSA) is 332 Å². The van der Waals surface area contributed by atoms with Crippen molar-refractivity contribution in [1.29, 1.82) is 0 Å². The van der Waals surface area contributed by atoms with Crippen LogP contribution in [0.3, 0.4) is 0 Å². The van der Waals surface area contributed by atoms with Gasteiger partial charge < -0.3 is 61.9 Å². The first-order valence-corrected chi connectivity index (χ1v) is 14.7. The van der Waals surface area contributed by atoms with Gasteiger partial charge in [0.15, 0.2) is 0 Å². The Morgan fingerprint density at radius 1 is 0.925 bits per heavy atom. The summed E-state index contributed by atoms with van der Waals surface area (Å²) in [6.45, 7) is 1.75. The lowest BCUT2D eigenvalue weighted by atomic mass is 10.1. The summed E-state index contributed by atoms with van der Waals surface area (Å²) in [5.74, 6) is -4.86. The fraction of sp³-hybridized carbons (Fsp3) is 0.219. The predicted molar refractivity (Wildman–Crippen MR) is 190 cm³/mol. The van der Waals surface area contributed by atoms with Crippen LogP contribution in [0.5, 0.6) is 5.75 Å². The summed E-state index contributed by atoms with van der Waals surface area (Å²) < 4.78 is 25.1. The van der Waals surface area contributed by atoms with Gasteiger partial charge in [-0.15, -0.1) is 0 Å². The quantitative estimate of drug-likeness (QED) is 0.142. The summed E-state index contributed by atoms with van der Waals surface area (Å²) in [5.41, 5.74) is 1.65. The number of carbonyl (C=O) groups excluding carboxylic acids is 1. The third-order valence-electron chi connectivity index (χ3n) is 5.84. The maximum Gasteiger partial charge on any atom is 0.328 e. The maximum absolute atomic E-state index is 13.6. The molecule has 0 spiro atoms. The second-order valence-corrected chi connectivity index (χ2v) is 10.5. The standard InChI is InChI=1S/C24H25ClFN5O3.2C4H4O4.3H2O/c1-31(2)8-3-4-23(32)30-21-11-17-20(12-22(21)34-16-7-9-33-13-16)27-14-28-24(17)29-15-5-6-19(26)18(25)10-15;2*5-3(6)1-2-4(7)8;;;/h3-6,10-12,14,16H,7-9,13H2,1-2H3,(H,30,32)(H,27,28,29);2*1-2H,(H,5,6)(H,7,8);3*1H2/b4-3+;2*2-1-;;;/t16-;;;;;/m0...../s1. The molecule has 4 rings (SSSR count). The van der Waals surface area contributed by atoms with E-state index < -0.39 is 29.7 Å². The number of hydrogen-bond donors (Lipinski definition) is 6. The van der Waals surface area contributed by atoms with Gasteiger partial charge in [0.05, 0.1) is 29.4 Å². The SMILES string of the molecule is CN(C)C/C=C/C(=O)Nc1cc2c(Nc3ccc(F)c(Cl)c3)ncnc2cc1O[C@H]1CCOC1.O.O.O.O=C(O)/C=C\C(=O)O.O=C(O)/C=C\C(=O)O. The Morgan fingerprint density at radius 2 is 1.51 bits per heavy atom. The van der Waals surface area contributed by atoms with E-state index >= 15 is 0 Å². The molecule has 3 aromatic rings. The Kier molecular flexibility index (Phi) is 23.2. The van der Waals surface area contributed by atoms with Gasteiger partial charge in [0.1, 0.15) is 29.8 Å². The lowest BCUT2D eigenvalue weighted by molar-refractivity contribution is -0.134. The molecule has 0 saturated carbocycles. The Hall–Kier alpha value is -6.03. The van der Waals surface area contributed by atoms with Gasteiger partial charge in [-0.25, -0.2) is 33.5 Å². The van der Waals surface area contributed by atoms with Crippen molar-refractivity contribution in [3.05, 3.63) is 84.0 Å². The van der Waals surface area contributed by atoms with E-state index in [9.17, 15) is 28.4 Å². The number of nitrogens with one attached hydrogen (secondary N) is 2. The Morgan fingerprint density at radius 3 is 2.00 bits per heavy atom. The zero-order valence-electron chi connectivity index (χ0n) is 28.1. The molecule has 1 amide bonds. The molecule has 0 aliphatic carbocycles. The average Bonchev–Trinajstić information content (AvgIpc) is 3.55. The van der Waals surface area contributed by atoms with Gasteiger partial charge in [-0.1, -0.05) is 17.7 Å². The van der Waals surface area contributed by atoms with Crippen molar-refractivity contribution in [3.63, 3.8) is 0 Å². The Balaban J connectivity index is 0. The number of rotatable bonds is 12. The highest BCUT2D eigenvalue weighted by atomic mass is 35.5. The van der Waals surface area contributed by atoms with E-state index in [0.29, 0.717) is 77.9 Å². The van der Waals surface area contributed by atoms with Crippen LogP contribution in [0.1, 0.15) is 6.42 Å². The predicted octanol–water partition coefficient (Wildman–Crippen LogP) is 1.34. The molecule has 2 aromatic carbocycles. The summed E-state index contributed by atoms with van der Waals surface area (Å²) in [6.07, 6.45) is 7.55. The second-order valence-electron chi connectivity index (χ2n) is 10.1. The van der Waals surface area contributed by atoms with E-state index in [1.54, 1.807) is 24.3 Å². The minimum Gasteiger partial charge on any atom is -0.486 e. The number of ether oxygens (including phenoxy) is 2. The van der Waals surface area contributed by atoms with Crippen molar-refractivity contribution in [2.24, 2.45) is 0 Å². The third kappa shape index (κ3) is 19.2. The zero-order valence-corrected chi connectivity index (χ0v) is 28.8. The summed E-state index contributed by atoms with van der Waals surface area (Å²) in [6, 6.07) is 7.82. The van der Waals surface area contributed by atoms with Crippen molar-refractivity contribution in [2.75, 3.05) is 44.5 Å². The Labute approximate surface area is 305 Å². The van der Waals surface area contributed by atoms with Gasteiger partial charge in [-0.05, 0) is 38.4 Å². The average molecular weight is 772 g/mol. The molecule has 1 saturated heterocycles. The largest absolute Gasteiger partial charge is 0.486 e. The van der Waals surface area contributed by atoms with Crippen molar-refractivity contribution in [2.45, 2.75) is 12.5 Å². The molecule has 1 aliphatic rings. The molecule has 0 unspecified atom stereocenters. The zero-order chi connectivity index (χ0) is 37.2. The van der Waals surface area contributed by atoms with E-state index in [2.05, 4.69) is 20.6 Å². The summed E-state index contributed by atoms with van der Waals surface area (Å²) in [5, 5.41) is 37.9. The first kappa shape index (κ1) is 49.1. The fourth-order valence-electron chi connectivity index (χ4n) is 3.70. The van der Waals surface area contributed by atoms with Gasteiger partial charge in [0.2, 0.25) is 5.91 Å². The summed E-state index contributed by atoms with van der Waals surface area (Å²) in [7, 11) is 3.84. The highest BCUT2D eigenvalue weighted by Crippen LogP contribution is 2.35. The number of carboxylic acid groups (broad SMARTS) is 4. The molecule has 12 N–H and O–H groups in total. The number of nitrogens with zero attached hydrogens (tertiary/aromatic N) is 3. The smallest absolute Gasteiger partial charge is 0.328 e. The van der Waals surface area contributed by atoms with Gasteiger partial charge in [-0.2, -0.15) is 0 Å². The van der Waals surface area contributed by atoms with Crippen LogP contribution >= 0.6 is 11.6 Å². The molecule has 1 atom stereocenters. The van der Waals surface area contributed by atoms with E-state index in [-0.39, 0.29) is 33.5 Å². The number of halogens is 2.